The van der Waals surface area contributed by atoms with Crippen LogP contribution in [-0.4, -0.2) is 60.8 Å². The number of ketones is 1. The number of amides is 1. The summed E-state index contributed by atoms with van der Waals surface area (Å²) in [5, 5.41) is 2.87. The zero-order valence-electron chi connectivity index (χ0n) is 13.5. The highest BCUT2D eigenvalue weighted by atomic mass is 16.2. The van der Waals surface area contributed by atoms with Gasteiger partial charge in [-0.1, -0.05) is 19.1 Å². The highest BCUT2D eigenvalue weighted by Gasteiger charge is 2.18. The second-order valence-corrected chi connectivity index (χ2v) is 5.80. The number of nitrogens with zero attached hydrogens (tertiary/aromatic N) is 2. The third-order valence-electron chi connectivity index (χ3n) is 3.92. The Morgan fingerprint density at radius 1 is 1.14 bits per heavy atom. The van der Waals surface area contributed by atoms with Crippen LogP contribution >= 0.6 is 0 Å². The number of Topliss-reactive ketones (excluding diaryl/α,β-unsaturated/α-hetero) is 1. The molecule has 2 rings (SSSR count). The van der Waals surface area contributed by atoms with Gasteiger partial charge in [0.05, 0.1) is 6.54 Å². The first-order chi connectivity index (χ1) is 10.6. The van der Waals surface area contributed by atoms with Gasteiger partial charge in [0, 0.05) is 37.4 Å². The maximum atomic E-state index is 12.1. The van der Waals surface area contributed by atoms with Gasteiger partial charge in [-0.15, -0.1) is 0 Å². The van der Waals surface area contributed by atoms with Gasteiger partial charge in [0.2, 0.25) is 5.91 Å². The number of rotatable bonds is 6. The van der Waals surface area contributed by atoms with Crippen LogP contribution in [-0.2, 0) is 4.79 Å². The maximum absolute atomic E-state index is 12.1. The fraction of sp³-hybridized carbons (Fsp3) is 0.529. The summed E-state index contributed by atoms with van der Waals surface area (Å²) >= 11 is 0. The van der Waals surface area contributed by atoms with Crippen LogP contribution in [0.4, 0.5) is 5.69 Å². The molecule has 0 atom stereocenters. The van der Waals surface area contributed by atoms with E-state index < -0.39 is 0 Å². The molecule has 5 nitrogen and oxygen atoms in total. The Kier molecular flexibility index (Phi) is 6.10. The molecule has 1 aliphatic rings. The zero-order valence-corrected chi connectivity index (χ0v) is 13.5. The second kappa shape index (κ2) is 8.06. The predicted octanol–water partition coefficient (Wildman–Crippen LogP) is 1.86. The van der Waals surface area contributed by atoms with Crippen LogP contribution in [0.2, 0.25) is 0 Å². The molecule has 22 heavy (non-hydrogen) atoms. The zero-order chi connectivity index (χ0) is 15.9. The van der Waals surface area contributed by atoms with E-state index in [1.807, 2.05) is 6.07 Å². The fourth-order valence-corrected chi connectivity index (χ4v) is 2.71. The molecule has 0 unspecified atom stereocenters. The van der Waals surface area contributed by atoms with E-state index in [0.717, 1.165) is 32.7 Å². The number of anilines is 1. The lowest BCUT2D eigenvalue weighted by atomic mass is 10.1. The van der Waals surface area contributed by atoms with Crippen molar-refractivity contribution in [2.75, 3.05) is 44.6 Å². The number of hydrogen-bond donors (Lipinski definition) is 1. The highest BCUT2D eigenvalue weighted by Crippen LogP contribution is 2.11. The Hall–Kier alpha value is -1.72. The summed E-state index contributed by atoms with van der Waals surface area (Å²) < 4.78 is 0. The van der Waals surface area contributed by atoms with Crippen LogP contribution in [0.5, 0.6) is 0 Å². The van der Waals surface area contributed by atoms with E-state index in [0.29, 0.717) is 17.8 Å². The number of carbonyl (C=O) groups is 2. The maximum Gasteiger partial charge on any atom is 0.238 e. The number of nitrogens with one attached hydrogen (secondary N) is 1. The van der Waals surface area contributed by atoms with Crippen molar-refractivity contribution >= 4 is 17.4 Å². The van der Waals surface area contributed by atoms with Gasteiger partial charge in [-0.05, 0) is 32.0 Å². The molecule has 0 radical (unpaired) electrons. The smallest absolute Gasteiger partial charge is 0.238 e. The Morgan fingerprint density at radius 3 is 2.45 bits per heavy atom. The largest absolute Gasteiger partial charge is 0.325 e. The van der Waals surface area contributed by atoms with Gasteiger partial charge in [-0.25, -0.2) is 0 Å². The van der Waals surface area contributed by atoms with Crippen molar-refractivity contribution < 1.29 is 9.59 Å². The van der Waals surface area contributed by atoms with Crippen molar-refractivity contribution in [3.63, 3.8) is 0 Å². The molecule has 1 amide bonds. The normalized spacial score (nSPS) is 16.5. The lowest BCUT2D eigenvalue weighted by Crippen LogP contribution is -2.48. The summed E-state index contributed by atoms with van der Waals surface area (Å²) in [6.45, 7) is 9.18. The average Bonchev–Trinajstić information content (AvgIpc) is 2.49. The molecule has 0 aliphatic carbocycles. The molecule has 0 spiro atoms. The van der Waals surface area contributed by atoms with E-state index in [1.165, 1.54) is 13.3 Å². The van der Waals surface area contributed by atoms with Gasteiger partial charge in [-0.2, -0.15) is 0 Å². The van der Waals surface area contributed by atoms with E-state index >= 15 is 0 Å². The molecular formula is C17H25N3O2. The molecule has 0 bridgehead atoms. The minimum absolute atomic E-state index is 0.00291. The average molecular weight is 303 g/mol. The molecule has 1 aromatic carbocycles. The van der Waals surface area contributed by atoms with Crippen molar-refractivity contribution in [2.45, 2.75) is 20.3 Å². The van der Waals surface area contributed by atoms with Gasteiger partial charge < -0.3 is 10.2 Å². The first-order valence-electron chi connectivity index (χ1n) is 7.94. The van der Waals surface area contributed by atoms with Crippen LogP contribution in [0.25, 0.3) is 0 Å². The second-order valence-electron chi connectivity index (χ2n) is 5.80. The van der Waals surface area contributed by atoms with E-state index in [9.17, 15) is 9.59 Å². The van der Waals surface area contributed by atoms with E-state index in [4.69, 9.17) is 0 Å². The van der Waals surface area contributed by atoms with Crippen molar-refractivity contribution in [3.8, 4) is 0 Å². The molecule has 1 fully saturated rings. The Bertz CT molecular complexity index is 522. The van der Waals surface area contributed by atoms with Gasteiger partial charge in [0.25, 0.3) is 0 Å². The molecular weight excluding hydrogens is 278 g/mol. The van der Waals surface area contributed by atoms with Gasteiger partial charge in [0.15, 0.2) is 5.78 Å². The Labute approximate surface area is 132 Å². The first-order valence-corrected chi connectivity index (χ1v) is 7.94. The lowest BCUT2D eigenvalue weighted by molar-refractivity contribution is -0.117. The minimum atomic E-state index is -0.0235. The number of piperazine rings is 1. The van der Waals surface area contributed by atoms with E-state index in [1.54, 1.807) is 18.2 Å². The molecule has 5 heteroatoms. The fourth-order valence-electron chi connectivity index (χ4n) is 2.71. The van der Waals surface area contributed by atoms with Crippen LogP contribution in [0, 0.1) is 0 Å². The lowest BCUT2D eigenvalue weighted by Gasteiger charge is -2.34. The topological polar surface area (TPSA) is 52.6 Å². The quantitative estimate of drug-likeness (QED) is 0.815. The molecule has 0 aromatic heterocycles. The number of benzene rings is 1. The number of hydrogen-bond acceptors (Lipinski definition) is 4. The van der Waals surface area contributed by atoms with Crippen LogP contribution < -0.4 is 5.32 Å². The van der Waals surface area contributed by atoms with Crippen molar-refractivity contribution in [2.24, 2.45) is 0 Å². The third-order valence-corrected chi connectivity index (χ3v) is 3.92. The van der Waals surface area contributed by atoms with Crippen LogP contribution in [0.15, 0.2) is 24.3 Å². The molecule has 1 saturated heterocycles. The summed E-state index contributed by atoms with van der Waals surface area (Å²) in [4.78, 5) is 28.1. The molecule has 120 valence electrons. The standard InChI is InChI=1S/C17H25N3O2/c1-3-7-19-8-10-20(11-9-19)13-17(22)18-16-6-4-5-15(12-16)14(2)21/h4-6,12H,3,7-11,13H2,1-2H3,(H,18,22). The van der Waals surface area contributed by atoms with Crippen molar-refractivity contribution in [3.05, 3.63) is 29.8 Å². The molecule has 1 heterocycles. The van der Waals surface area contributed by atoms with E-state index in [-0.39, 0.29) is 11.7 Å². The molecule has 1 aromatic rings. The third kappa shape index (κ3) is 4.93. The SMILES string of the molecule is CCCN1CCN(CC(=O)Nc2cccc(C(C)=O)c2)CC1. The predicted molar refractivity (Wildman–Crippen MR) is 88.2 cm³/mol. The van der Waals surface area contributed by atoms with Crippen molar-refractivity contribution in [1.82, 2.24) is 9.80 Å². The summed E-state index contributed by atoms with van der Waals surface area (Å²) in [6.07, 6.45) is 1.17. The van der Waals surface area contributed by atoms with Gasteiger partial charge >= 0.3 is 0 Å². The van der Waals surface area contributed by atoms with Gasteiger partial charge in [-0.3, -0.25) is 14.5 Å². The molecule has 1 N–H and O–H groups in total. The monoisotopic (exact) mass is 303 g/mol. The summed E-state index contributed by atoms with van der Waals surface area (Å²) in [7, 11) is 0. The summed E-state index contributed by atoms with van der Waals surface area (Å²) in [5.41, 5.74) is 1.30. The highest BCUT2D eigenvalue weighted by molar-refractivity contribution is 5.97. The Balaban J connectivity index is 1.81. The molecule has 0 saturated carbocycles. The van der Waals surface area contributed by atoms with Crippen LogP contribution in [0.1, 0.15) is 30.6 Å². The van der Waals surface area contributed by atoms with Crippen molar-refractivity contribution in [1.29, 1.82) is 0 Å². The number of carbonyl (C=O) groups excluding carboxylic acids is 2. The van der Waals surface area contributed by atoms with Crippen LogP contribution in [0.3, 0.4) is 0 Å². The van der Waals surface area contributed by atoms with E-state index in [2.05, 4.69) is 22.0 Å². The Morgan fingerprint density at radius 2 is 1.82 bits per heavy atom. The summed E-state index contributed by atoms with van der Waals surface area (Å²) in [5.74, 6) is -0.0206. The summed E-state index contributed by atoms with van der Waals surface area (Å²) in [6, 6.07) is 7.07. The van der Waals surface area contributed by atoms with Gasteiger partial charge in [0.1, 0.15) is 0 Å². The first kappa shape index (κ1) is 16.6. The molecule has 1 aliphatic heterocycles. The minimum Gasteiger partial charge on any atom is -0.325 e.